The van der Waals surface area contributed by atoms with Crippen LogP contribution in [0.5, 0.6) is 0 Å². The lowest BCUT2D eigenvalue weighted by Crippen LogP contribution is -2.46. The predicted molar refractivity (Wildman–Crippen MR) is 68.1 cm³/mol. The van der Waals surface area contributed by atoms with Crippen molar-refractivity contribution < 1.29 is 9.84 Å². The Morgan fingerprint density at radius 1 is 1.24 bits per heavy atom. The molecule has 0 spiro atoms. The van der Waals surface area contributed by atoms with Gasteiger partial charge in [0.1, 0.15) is 0 Å². The monoisotopic (exact) mass is 235 g/mol. The van der Waals surface area contributed by atoms with Crippen LogP contribution in [0.1, 0.15) is 12.5 Å². The number of aliphatic hydroxyl groups excluding tert-OH is 1. The molecule has 17 heavy (non-hydrogen) atoms. The van der Waals surface area contributed by atoms with Crippen LogP contribution in [0.3, 0.4) is 0 Å². The minimum absolute atomic E-state index is 0.175. The van der Waals surface area contributed by atoms with E-state index in [0.29, 0.717) is 0 Å². The fraction of sp³-hybridized carbons (Fsp3) is 0.571. The van der Waals surface area contributed by atoms with E-state index in [0.717, 1.165) is 32.8 Å². The fourth-order valence-corrected chi connectivity index (χ4v) is 2.33. The molecule has 0 aliphatic carbocycles. The van der Waals surface area contributed by atoms with Crippen molar-refractivity contribution in [1.82, 2.24) is 4.90 Å². The van der Waals surface area contributed by atoms with Gasteiger partial charge in [-0.25, -0.2) is 0 Å². The molecule has 1 heterocycles. The lowest BCUT2D eigenvalue weighted by Gasteiger charge is -2.36. The summed E-state index contributed by atoms with van der Waals surface area (Å²) in [7, 11) is 0. The van der Waals surface area contributed by atoms with Crippen LogP contribution in [-0.4, -0.2) is 49.5 Å². The molecule has 0 saturated carbocycles. The number of hydrogen-bond donors (Lipinski definition) is 1. The summed E-state index contributed by atoms with van der Waals surface area (Å²) in [5.74, 6) is 0. The summed E-state index contributed by atoms with van der Waals surface area (Å²) in [5, 5.41) is 9.71. The summed E-state index contributed by atoms with van der Waals surface area (Å²) >= 11 is 0. The molecule has 2 rings (SSSR count). The van der Waals surface area contributed by atoms with Gasteiger partial charge in [-0.3, -0.25) is 4.90 Å². The van der Waals surface area contributed by atoms with Crippen LogP contribution in [0.4, 0.5) is 0 Å². The van der Waals surface area contributed by atoms with E-state index in [1.807, 2.05) is 18.2 Å². The third-order valence-electron chi connectivity index (χ3n) is 3.50. The number of morpholine rings is 1. The zero-order chi connectivity index (χ0) is 12.1. The Balaban J connectivity index is 2.08. The molecule has 94 valence electrons. The first-order valence-corrected chi connectivity index (χ1v) is 6.21. The first-order valence-electron chi connectivity index (χ1n) is 6.21. The van der Waals surface area contributed by atoms with Crippen LogP contribution in [0, 0.1) is 0 Å². The van der Waals surface area contributed by atoms with Crippen LogP contribution in [-0.2, 0) is 10.2 Å². The molecule has 0 amide bonds. The van der Waals surface area contributed by atoms with Crippen molar-refractivity contribution in [3.05, 3.63) is 35.9 Å². The highest BCUT2D eigenvalue weighted by atomic mass is 16.5. The van der Waals surface area contributed by atoms with Crippen LogP contribution in [0.2, 0.25) is 0 Å². The van der Waals surface area contributed by atoms with Gasteiger partial charge in [-0.1, -0.05) is 37.3 Å². The quantitative estimate of drug-likeness (QED) is 0.853. The second kappa shape index (κ2) is 5.63. The van der Waals surface area contributed by atoms with Crippen molar-refractivity contribution in [2.75, 3.05) is 39.5 Å². The Morgan fingerprint density at radius 2 is 1.88 bits per heavy atom. The number of benzene rings is 1. The summed E-state index contributed by atoms with van der Waals surface area (Å²) in [5.41, 5.74) is 1.02. The van der Waals surface area contributed by atoms with Gasteiger partial charge in [0, 0.05) is 25.0 Å². The Labute approximate surface area is 103 Å². The van der Waals surface area contributed by atoms with Crippen molar-refractivity contribution in [3.8, 4) is 0 Å². The van der Waals surface area contributed by atoms with Gasteiger partial charge in [-0.15, -0.1) is 0 Å². The van der Waals surface area contributed by atoms with E-state index in [9.17, 15) is 5.11 Å². The lowest BCUT2D eigenvalue weighted by molar-refractivity contribution is 0.0217. The van der Waals surface area contributed by atoms with Gasteiger partial charge in [0.05, 0.1) is 19.8 Å². The molecule has 0 aromatic heterocycles. The molecule has 3 nitrogen and oxygen atoms in total. The van der Waals surface area contributed by atoms with Gasteiger partial charge in [-0.2, -0.15) is 0 Å². The van der Waals surface area contributed by atoms with Crippen molar-refractivity contribution in [3.63, 3.8) is 0 Å². The average molecular weight is 235 g/mol. The maximum Gasteiger partial charge on any atom is 0.0594 e. The topological polar surface area (TPSA) is 32.7 Å². The molecule has 0 radical (unpaired) electrons. The predicted octanol–water partition coefficient (Wildman–Crippen LogP) is 1.27. The van der Waals surface area contributed by atoms with Gasteiger partial charge in [0.15, 0.2) is 0 Å². The van der Waals surface area contributed by atoms with Crippen molar-refractivity contribution in [2.24, 2.45) is 0 Å². The lowest BCUT2D eigenvalue weighted by atomic mass is 9.82. The number of hydrogen-bond acceptors (Lipinski definition) is 3. The molecule has 3 heteroatoms. The first-order chi connectivity index (χ1) is 8.24. The van der Waals surface area contributed by atoms with Crippen LogP contribution in [0.25, 0.3) is 0 Å². The zero-order valence-electron chi connectivity index (χ0n) is 10.4. The van der Waals surface area contributed by atoms with Gasteiger partial charge >= 0.3 is 0 Å². The first kappa shape index (κ1) is 12.6. The van der Waals surface area contributed by atoms with Crippen molar-refractivity contribution >= 4 is 0 Å². The van der Waals surface area contributed by atoms with E-state index < -0.39 is 0 Å². The molecule has 1 N–H and O–H groups in total. The molecule has 0 bridgehead atoms. The maximum absolute atomic E-state index is 9.71. The zero-order valence-corrected chi connectivity index (χ0v) is 10.4. The Morgan fingerprint density at radius 3 is 2.47 bits per heavy atom. The van der Waals surface area contributed by atoms with Gasteiger partial charge in [-0.05, 0) is 5.56 Å². The van der Waals surface area contributed by atoms with E-state index in [1.54, 1.807) is 0 Å². The number of aliphatic hydroxyl groups is 1. The van der Waals surface area contributed by atoms with Gasteiger partial charge in [0.25, 0.3) is 0 Å². The number of nitrogens with zero attached hydrogens (tertiary/aromatic N) is 1. The Hall–Kier alpha value is -0.900. The fourth-order valence-electron chi connectivity index (χ4n) is 2.33. The molecule has 1 saturated heterocycles. The van der Waals surface area contributed by atoms with Crippen molar-refractivity contribution in [1.29, 1.82) is 0 Å². The minimum atomic E-state index is -0.182. The number of ether oxygens (including phenoxy) is 1. The summed E-state index contributed by atoms with van der Waals surface area (Å²) in [6.45, 7) is 6.71. The minimum Gasteiger partial charge on any atom is -0.395 e. The SMILES string of the molecule is CC(CO)(CN1CCOCC1)c1ccccc1. The summed E-state index contributed by atoms with van der Waals surface area (Å²) in [4.78, 5) is 2.37. The normalized spacial score (nSPS) is 21.1. The summed E-state index contributed by atoms with van der Waals surface area (Å²) in [6.07, 6.45) is 0. The summed E-state index contributed by atoms with van der Waals surface area (Å²) < 4.78 is 5.35. The van der Waals surface area contributed by atoms with Gasteiger partial charge in [0.2, 0.25) is 0 Å². The third kappa shape index (κ3) is 3.06. The van der Waals surface area contributed by atoms with E-state index in [4.69, 9.17) is 4.74 Å². The van der Waals surface area contributed by atoms with Crippen LogP contribution < -0.4 is 0 Å². The average Bonchev–Trinajstić information content (AvgIpc) is 2.41. The highest BCUT2D eigenvalue weighted by molar-refractivity contribution is 5.25. The second-order valence-corrected chi connectivity index (χ2v) is 4.97. The summed E-state index contributed by atoms with van der Waals surface area (Å²) in [6, 6.07) is 10.3. The smallest absolute Gasteiger partial charge is 0.0594 e. The Bertz CT molecular complexity index is 335. The van der Waals surface area contributed by atoms with E-state index in [2.05, 4.69) is 24.0 Å². The molecular weight excluding hydrogens is 214 g/mol. The third-order valence-corrected chi connectivity index (χ3v) is 3.50. The highest BCUT2D eigenvalue weighted by Crippen LogP contribution is 2.24. The molecule has 1 unspecified atom stereocenters. The highest BCUT2D eigenvalue weighted by Gasteiger charge is 2.29. The Kier molecular flexibility index (Phi) is 4.15. The molecular formula is C14H21NO2. The van der Waals surface area contributed by atoms with Gasteiger partial charge < -0.3 is 9.84 Å². The van der Waals surface area contributed by atoms with E-state index >= 15 is 0 Å². The molecule has 1 aliphatic heterocycles. The molecule has 1 atom stereocenters. The van der Waals surface area contributed by atoms with Crippen LogP contribution in [0.15, 0.2) is 30.3 Å². The van der Waals surface area contributed by atoms with E-state index in [1.165, 1.54) is 5.56 Å². The maximum atomic E-state index is 9.71. The largest absolute Gasteiger partial charge is 0.395 e. The van der Waals surface area contributed by atoms with E-state index in [-0.39, 0.29) is 12.0 Å². The van der Waals surface area contributed by atoms with Crippen molar-refractivity contribution in [2.45, 2.75) is 12.3 Å². The number of rotatable bonds is 4. The van der Waals surface area contributed by atoms with Crippen LogP contribution >= 0.6 is 0 Å². The molecule has 1 aromatic carbocycles. The molecule has 1 aromatic rings. The molecule has 1 aliphatic rings. The standard InChI is InChI=1S/C14H21NO2/c1-14(12-16,13-5-3-2-4-6-13)11-15-7-9-17-10-8-15/h2-6,16H,7-12H2,1H3. The molecule has 1 fully saturated rings. The second-order valence-electron chi connectivity index (χ2n) is 4.97.